The van der Waals surface area contributed by atoms with Gasteiger partial charge in [-0.15, -0.1) is 11.8 Å². The molecule has 0 aliphatic rings. The molecule has 1 N–H and O–H groups in total. The van der Waals surface area contributed by atoms with Gasteiger partial charge in [-0.3, -0.25) is 0 Å². The number of aromatic carboxylic acids is 1. The fraction of sp³-hybridized carbons (Fsp3) is 0.200. The van der Waals surface area contributed by atoms with Gasteiger partial charge in [-0.1, -0.05) is 12.1 Å². The molecule has 0 fully saturated rings. The van der Waals surface area contributed by atoms with Crippen LogP contribution in [0.3, 0.4) is 0 Å². The lowest BCUT2D eigenvalue weighted by molar-refractivity contribution is 0.0523. The molecule has 2 rings (SSSR count). The number of carboxylic acids is 1. The van der Waals surface area contributed by atoms with E-state index >= 15 is 0 Å². The lowest BCUT2D eigenvalue weighted by atomic mass is 10.2. The number of carbonyl (C=O) groups excluding carboxylic acids is 1. The summed E-state index contributed by atoms with van der Waals surface area (Å²) in [5, 5.41) is 9.12. The Morgan fingerprint density at radius 3 is 2.71 bits per heavy atom. The molecule has 0 atom stereocenters. The molecule has 1 heterocycles. The second-order valence-corrected chi connectivity index (χ2v) is 5.09. The minimum atomic E-state index is -0.983. The van der Waals surface area contributed by atoms with Crippen LogP contribution >= 0.6 is 11.8 Å². The molecule has 2 aromatic rings. The maximum absolute atomic E-state index is 11.7. The van der Waals surface area contributed by atoms with Crippen molar-refractivity contribution in [2.75, 3.05) is 6.61 Å². The minimum Gasteiger partial charge on any atom is -0.478 e. The standard InChI is InChI=1S/C15H14O5S/c1-2-19-15(18)10-7-8-20-12(10)9-21-13-6-4-3-5-11(13)14(16)17/h3-8H,2,9H2,1H3,(H,16,17). The molecular weight excluding hydrogens is 292 g/mol. The fourth-order valence-electron chi connectivity index (χ4n) is 1.76. The Bertz CT molecular complexity index is 647. The van der Waals surface area contributed by atoms with Crippen LogP contribution < -0.4 is 0 Å². The van der Waals surface area contributed by atoms with E-state index < -0.39 is 11.9 Å². The van der Waals surface area contributed by atoms with Gasteiger partial charge in [0, 0.05) is 4.90 Å². The summed E-state index contributed by atoms with van der Waals surface area (Å²) >= 11 is 1.30. The number of hydrogen-bond acceptors (Lipinski definition) is 5. The summed E-state index contributed by atoms with van der Waals surface area (Å²) in [6.45, 7) is 2.02. The number of carboxylic acid groups (broad SMARTS) is 1. The van der Waals surface area contributed by atoms with E-state index in [9.17, 15) is 9.59 Å². The van der Waals surface area contributed by atoms with Gasteiger partial charge < -0.3 is 14.3 Å². The first kappa shape index (κ1) is 15.2. The van der Waals surface area contributed by atoms with Crippen LogP contribution in [0.4, 0.5) is 0 Å². The van der Waals surface area contributed by atoms with Crippen LogP contribution in [0.25, 0.3) is 0 Å². The molecule has 0 unspecified atom stereocenters. The van der Waals surface area contributed by atoms with Crippen LogP contribution in [-0.2, 0) is 10.5 Å². The SMILES string of the molecule is CCOC(=O)c1ccoc1CSc1ccccc1C(=O)O. The Labute approximate surface area is 125 Å². The van der Waals surface area contributed by atoms with Crippen molar-refractivity contribution in [2.24, 2.45) is 0 Å². The molecule has 0 bridgehead atoms. The van der Waals surface area contributed by atoms with Crippen molar-refractivity contribution in [3.63, 3.8) is 0 Å². The molecular formula is C15H14O5S. The summed E-state index contributed by atoms with van der Waals surface area (Å²) in [5.41, 5.74) is 0.601. The Morgan fingerprint density at radius 1 is 1.24 bits per heavy atom. The quantitative estimate of drug-likeness (QED) is 0.650. The first-order chi connectivity index (χ1) is 10.1. The van der Waals surface area contributed by atoms with Crippen molar-refractivity contribution in [2.45, 2.75) is 17.6 Å². The maximum Gasteiger partial charge on any atom is 0.341 e. The largest absolute Gasteiger partial charge is 0.478 e. The molecule has 21 heavy (non-hydrogen) atoms. The summed E-state index contributed by atoms with van der Waals surface area (Å²) < 4.78 is 10.2. The lowest BCUT2D eigenvalue weighted by Crippen LogP contribution is -2.05. The molecule has 0 amide bonds. The van der Waals surface area contributed by atoms with Crippen molar-refractivity contribution in [1.82, 2.24) is 0 Å². The van der Waals surface area contributed by atoms with E-state index in [4.69, 9.17) is 14.3 Å². The highest BCUT2D eigenvalue weighted by Crippen LogP contribution is 2.28. The third kappa shape index (κ3) is 3.66. The van der Waals surface area contributed by atoms with Gasteiger partial charge >= 0.3 is 11.9 Å². The zero-order valence-electron chi connectivity index (χ0n) is 11.4. The van der Waals surface area contributed by atoms with Crippen molar-refractivity contribution < 1.29 is 23.8 Å². The Kier molecular flexibility index (Phi) is 5.05. The van der Waals surface area contributed by atoms with Crippen molar-refractivity contribution in [1.29, 1.82) is 0 Å². The van der Waals surface area contributed by atoms with Gasteiger partial charge in [0.05, 0.1) is 24.2 Å². The van der Waals surface area contributed by atoms with Crippen molar-refractivity contribution in [3.05, 3.63) is 53.5 Å². The highest BCUT2D eigenvalue weighted by molar-refractivity contribution is 7.98. The Balaban J connectivity index is 2.13. The highest BCUT2D eigenvalue weighted by Gasteiger charge is 2.17. The van der Waals surface area contributed by atoms with Gasteiger partial charge in [-0.25, -0.2) is 9.59 Å². The summed E-state index contributed by atoms with van der Waals surface area (Å²) in [7, 11) is 0. The molecule has 0 radical (unpaired) electrons. The summed E-state index contributed by atoms with van der Waals surface area (Å²) in [5.74, 6) is -0.596. The predicted octanol–water partition coefficient (Wildman–Crippen LogP) is 3.45. The number of rotatable bonds is 6. The van der Waals surface area contributed by atoms with Gasteiger partial charge in [0.1, 0.15) is 11.3 Å². The zero-order chi connectivity index (χ0) is 15.2. The van der Waals surface area contributed by atoms with Gasteiger partial charge in [0.2, 0.25) is 0 Å². The van der Waals surface area contributed by atoms with E-state index in [1.54, 1.807) is 37.3 Å². The second kappa shape index (κ2) is 6.99. The van der Waals surface area contributed by atoms with Crippen LogP contribution in [0.2, 0.25) is 0 Å². The molecule has 6 heteroatoms. The smallest absolute Gasteiger partial charge is 0.341 e. The van der Waals surface area contributed by atoms with Gasteiger partial charge in [0.15, 0.2) is 0 Å². The second-order valence-electron chi connectivity index (χ2n) is 4.07. The van der Waals surface area contributed by atoms with Crippen LogP contribution in [-0.4, -0.2) is 23.7 Å². The van der Waals surface area contributed by atoms with Crippen LogP contribution in [0.1, 0.15) is 33.4 Å². The number of benzene rings is 1. The third-order valence-electron chi connectivity index (χ3n) is 2.72. The minimum absolute atomic E-state index is 0.228. The maximum atomic E-state index is 11.7. The molecule has 0 saturated carbocycles. The molecule has 0 aliphatic carbocycles. The number of esters is 1. The van der Waals surface area contributed by atoms with Gasteiger partial charge in [-0.05, 0) is 25.1 Å². The Hall–Kier alpha value is -2.21. The molecule has 0 saturated heterocycles. The fourth-order valence-corrected chi connectivity index (χ4v) is 2.75. The molecule has 1 aromatic carbocycles. The van der Waals surface area contributed by atoms with Crippen LogP contribution in [0, 0.1) is 0 Å². The topological polar surface area (TPSA) is 76.7 Å². The van der Waals surface area contributed by atoms with Gasteiger partial charge in [0.25, 0.3) is 0 Å². The van der Waals surface area contributed by atoms with Crippen molar-refractivity contribution in [3.8, 4) is 0 Å². The van der Waals surface area contributed by atoms with Gasteiger partial charge in [-0.2, -0.15) is 0 Å². The summed E-state index contributed by atoms with van der Waals surface area (Å²) in [6.07, 6.45) is 1.42. The molecule has 5 nitrogen and oxygen atoms in total. The molecule has 0 aliphatic heterocycles. The van der Waals surface area contributed by atoms with E-state index in [1.807, 2.05) is 0 Å². The molecule has 1 aromatic heterocycles. The average Bonchev–Trinajstić information content (AvgIpc) is 2.94. The zero-order valence-corrected chi connectivity index (χ0v) is 12.2. The van der Waals surface area contributed by atoms with E-state index in [1.165, 1.54) is 18.0 Å². The monoisotopic (exact) mass is 306 g/mol. The molecule has 110 valence electrons. The summed E-state index contributed by atoms with van der Waals surface area (Å²) in [4.78, 5) is 23.5. The number of thioether (sulfide) groups is 1. The third-order valence-corrected chi connectivity index (χ3v) is 3.79. The summed E-state index contributed by atoms with van der Waals surface area (Å²) in [6, 6.07) is 8.25. The highest BCUT2D eigenvalue weighted by atomic mass is 32.2. The number of hydrogen-bond donors (Lipinski definition) is 1. The van der Waals surface area contributed by atoms with E-state index in [2.05, 4.69) is 0 Å². The van der Waals surface area contributed by atoms with Crippen LogP contribution in [0.5, 0.6) is 0 Å². The lowest BCUT2D eigenvalue weighted by Gasteiger charge is -2.05. The number of carbonyl (C=O) groups is 2. The van der Waals surface area contributed by atoms with E-state index in [-0.39, 0.29) is 5.56 Å². The first-order valence-electron chi connectivity index (χ1n) is 6.32. The van der Waals surface area contributed by atoms with E-state index in [0.717, 1.165) is 0 Å². The van der Waals surface area contributed by atoms with Crippen LogP contribution in [0.15, 0.2) is 45.9 Å². The van der Waals surface area contributed by atoms with Crippen molar-refractivity contribution >= 4 is 23.7 Å². The normalized spacial score (nSPS) is 10.3. The van der Waals surface area contributed by atoms with E-state index in [0.29, 0.717) is 28.6 Å². The average molecular weight is 306 g/mol. The molecule has 0 spiro atoms. The number of furan rings is 1. The predicted molar refractivity (Wildman–Crippen MR) is 77.6 cm³/mol. The first-order valence-corrected chi connectivity index (χ1v) is 7.30. The number of ether oxygens (including phenoxy) is 1. The Morgan fingerprint density at radius 2 is 2.00 bits per heavy atom.